The standard InChI is InChI=1S/C26H31N5O2.C11H14F2/c1-17-8-7-11-18-12-13-21(20(18)14-17)29-25(33)26(2,3)31-15-22(28-16-31)30-24(32)23(27)19-9-5-4-6-10-19;12-9-6-5-8-3-1-2-4-10(8)11(13)7-9/h4-10,14-16,21,23H,11-13,27H2,1-3H3,(H,29,33)(H,30,32);7-8H,1-6H2/t21?,23-;/m0./s1. The minimum absolute atomic E-state index is 0.00758. The van der Waals surface area contributed by atoms with Gasteiger partial charge in [-0.15, -0.1) is 0 Å². The van der Waals surface area contributed by atoms with Crippen molar-refractivity contribution in [2.45, 2.75) is 96.2 Å². The first-order chi connectivity index (χ1) is 22.0. The first kappa shape index (κ1) is 33.3. The number of aromatic nitrogens is 2. The van der Waals surface area contributed by atoms with Crippen molar-refractivity contribution in [1.82, 2.24) is 14.9 Å². The third-order valence-electron chi connectivity index (χ3n) is 9.49. The number of fused-ring (bicyclic) bond motifs is 1. The fourth-order valence-electron chi connectivity index (χ4n) is 6.61. The molecule has 0 radical (unpaired) electrons. The maximum atomic E-state index is 13.4. The number of benzene rings is 1. The summed E-state index contributed by atoms with van der Waals surface area (Å²) in [6, 6.07) is 8.36. The Bertz CT molecular complexity index is 1600. The van der Waals surface area contributed by atoms with Gasteiger partial charge >= 0.3 is 0 Å². The summed E-state index contributed by atoms with van der Waals surface area (Å²) in [5, 5.41) is 5.97. The summed E-state index contributed by atoms with van der Waals surface area (Å²) in [4.78, 5) is 30.1. The summed E-state index contributed by atoms with van der Waals surface area (Å²) in [6.07, 6.45) is 19.0. The van der Waals surface area contributed by atoms with Gasteiger partial charge in [0.25, 0.3) is 0 Å². The molecule has 4 aliphatic carbocycles. The second-order valence-corrected chi connectivity index (χ2v) is 13.2. The highest BCUT2D eigenvalue weighted by Gasteiger charge is 2.34. The molecule has 2 amide bonds. The number of rotatable bonds is 6. The largest absolute Gasteiger partial charge is 0.347 e. The molecule has 7 nitrogen and oxygen atoms in total. The Morgan fingerprint density at radius 2 is 1.83 bits per heavy atom. The maximum Gasteiger partial charge on any atom is 0.247 e. The van der Waals surface area contributed by atoms with Crippen LogP contribution in [0.15, 0.2) is 101 Å². The van der Waals surface area contributed by atoms with Gasteiger partial charge in [-0.1, -0.05) is 66.1 Å². The molecular weight excluding hydrogens is 584 g/mol. The Morgan fingerprint density at radius 3 is 2.61 bits per heavy atom. The van der Waals surface area contributed by atoms with Crippen LogP contribution in [-0.2, 0) is 15.1 Å². The number of halogens is 2. The molecule has 0 aliphatic heterocycles. The summed E-state index contributed by atoms with van der Waals surface area (Å²) in [6.45, 7) is 5.76. The van der Waals surface area contributed by atoms with E-state index in [2.05, 4.69) is 40.8 Å². The number of hydrogen-bond donors (Lipinski definition) is 3. The Morgan fingerprint density at radius 1 is 1.04 bits per heavy atom. The van der Waals surface area contributed by atoms with Crippen molar-refractivity contribution in [3.8, 4) is 0 Å². The molecule has 2 aromatic rings. The van der Waals surface area contributed by atoms with E-state index in [-0.39, 0.29) is 29.5 Å². The van der Waals surface area contributed by atoms with Crippen molar-refractivity contribution in [2.75, 3.05) is 5.32 Å². The number of imidazole rings is 1. The van der Waals surface area contributed by atoms with E-state index in [1.165, 1.54) is 23.1 Å². The monoisotopic (exact) mass is 629 g/mol. The van der Waals surface area contributed by atoms with Gasteiger partial charge in [0.1, 0.15) is 23.2 Å². The lowest BCUT2D eigenvalue weighted by Gasteiger charge is -2.28. The third-order valence-corrected chi connectivity index (χ3v) is 9.49. The lowest BCUT2D eigenvalue weighted by molar-refractivity contribution is -0.128. The lowest BCUT2D eigenvalue weighted by atomic mass is 9.82. The number of nitrogens with one attached hydrogen (secondary N) is 2. The van der Waals surface area contributed by atoms with Crippen molar-refractivity contribution in [2.24, 2.45) is 11.7 Å². The number of hydrogen-bond acceptors (Lipinski definition) is 4. The molecule has 46 heavy (non-hydrogen) atoms. The second kappa shape index (κ2) is 14.5. The molecular formula is C37H45F2N5O2. The highest BCUT2D eigenvalue weighted by atomic mass is 19.1. The summed E-state index contributed by atoms with van der Waals surface area (Å²) in [5.74, 6) is -0.368. The SMILES string of the molecule is CC1=CC2=C(CC=C1)CCC2NC(=O)C(C)(C)n1cnc(NC(=O)[C@@H](N)c2ccccc2)c1.FC1=CC(F)=C2CCCCC2CC1. The summed E-state index contributed by atoms with van der Waals surface area (Å²) >= 11 is 0. The maximum absolute atomic E-state index is 13.4. The molecule has 1 aromatic carbocycles. The number of carbonyl (C=O) groups is 2. The van der Waals surface area contributed by atoms with Gasteiger partial charge in [0.15, 0.2) is 5.82 Å². The second-order valence-electron chi connectivity index (χ2n) is 13.2. The summed E-state index contributed by atoms with van der Waals surface area (Å²) in [7, 11) is 0. The van der Waals surface area contributed by atoms with Crippen molar-refractivity contribution < 1.29 is 18.4 Å². The quantitative estimate of drug-likeness (QED) is 0.304. The molecule has 4 N–H and O–H groups in total. The number of amides is 2. The zero-order valence-electron chi connectivity index (χ0n) is 27.0. The van der Waals surface area contributed by atoms with Crippen LogP contribution >= 0.6 is 0 Å². The van der Waals surface area contributed by atoms with Crippen LogP contribution in [0.4, 0.5) is 14.6 Å². The number of anilines is 1. The highest BCUT2D eigenvalue weighted by molar-refractivity contribution is 5.94. The van der Waals surface area contributed by atoms with Gasteiger partial charge in [-0.25, -0.2) is 13.8 Å². The van der Waals surface area contributed by atoms with Crippen molar-refractivity contribution in [3.05, 3.63) is 107 Å². The molecule has 0 saturated heterocycles. The van der Waals surface area contributed by atoms with Gasteiger partial charge in [-0.3, -0.25) is 9.59 Å². The van der Waals surface area contributed by atoms with Gasteiger partial charge in [0.2, 0.25) is 11.8 Å². The van der Waals surface area contributed by atoms with E-state index in [9.17, 15) is 18.4 Å². The normalized spacial score (nSPS) is 21.9. The van der Waals surface area contributed by atoms with Crippen LogP contribution < -0.4 is 16.4 Å². The van der Waals surface area contributed by atoms with E-state index >= 15 is 0 Å². The number of carbonyl (C=O) groups excluding carboxylic acids is 2. The fourth-order valence-corrected chi connectivity index (χ4v) is 6.61. The molecule has 1 aromatic heterocycles. The molecule has 6 rings (SSSR count). The molecule has 4 aliphatic rings. The Labute approximate surface area is 270 Å². The zero-order chi connectivity index (χ0) is 32.8. The first-order valence-electron chi connectivity index (χ1n) is 16.3. The van der Waals surface area contributed by atoms with Crippen molar-refractivity contribution in [3.63, 3.8) is 0 Å². The summed E-state index contributed by atoms with van der Waals surface area (Å²) < 4.78 is 28.0. The molecule has 0 bridgehead atoms. The van der Waals surface area contributed by atoms with E-state index in [1.54, 1.807) is 29.2 Å². The average Bonchev–Trinajstić information content (AvgIpc) is 3.58. The number of allylic oxidation sites excluding steroid dienone is 8. The molecule has 1 saturated carbocycles. The minimum Gasteiger partial charge on any atom is -0.347 e. The van der Waals surface area contributed by atoms with Crippen LogP contribution in [0.1, 0.15) is 90.2 Å². The van der Waals surface area contributed by atoms with Crippen LogP contribution in [0.25, 0.3) is 0 Å². The van der Waals surface area contributed by atoms with Crippen LogP contribution in [0.5, 0.6) is 0 Å². The third kappa shape index (κ3) is 7.81. The van der Waals surface area contributed by atoms with Gasteiger partial charge in [0, 0.05) is 12.3 Å². The molecule has 9 heteroatoms. The average molecular weight is 630 g/mol. The van der Waals surface area contributed by atoms with Gasteiger partial charge in [-0.2, -0.15) is 0 Å². The van der Waals surface area contributed by atoms with Crippen LogP contribution in [0.2, 0.25) is 0 Å². The zero-order valence-corrected chi connectivity index (χ0v) is 27.0. The van der Waals surface area contributed by atoms with E-state index in [1.807, 2.05) is 32.0 Å². The molecule has 1 heterocycles. The number of nitrogens with two attached hydrogens (primary N) is 1. The smallest absolute Gasteiger partial charge is 0.247 e. The van der Waals surface area contributed by atoms with Crippen LogP contribution in [0.3, 0.4) is 0 Å². The van der Waals surface area contributed by atoms with Gasteiger partial charge in [0.05, 0.1) is 12.4 Å². The Kier molecular flexibility index (Phi) is 10.5. The van der Waals surface area contributed by atoms with Crippen molar-refractivity contribution >= 4 is 17.6 Å². The van der Waals surface area contributed by atoms with E-state index in [0.29, 0.717) is 18.2 Å². The Hall–Kier alpha value is -4.11. The molecule has 0 spiro atoms. The molecule has 1 fully saturated rings. The lowest BCUT2D eigenvalue weighted by Crippen LogP contribution is -2.47. The van der Waals surface area contributed by atoms with Crippen LogP contribution in [0, 0.1) is 5.92 Å². The topological polar surface area (TPSA) is 102 Å². The Balaban J connectivity index is 0.000000266. The van der Waals surface area contributed by atoms with Gasteiger partial charge < -0.3 is 20.9 Å². The predicted molar refractivity (Wildman–Crippen MR) is 178 cm³/mol. The molecule has 2 unspecified atom stereocenters. The highest BCUT2D eigenvalue weighted by Crippen LogP contribution is 2.39. The predicted octanol–water partition coefficient (Wildman–Crippen LogP) is 7.79. The molecule has 3 atom stereocenters. The van der Waals surface area contributed by atoms with Crippen molar-refractivity contribution in [1.29, 1.82) is 0 Å². The fraction of sp³-hybridized carbons (Fsp3) is 0.432. The number of nitrogens with zero attached hydrogens (tertiary/aromatic N) is 2. The van der Waals surface area contributed by atoms with Gasteiger partial charge in [-0.05, 0) is 94.8 Å². The molecule has 244 valence electrons. The van der Waals surface area contributed by atoms with E-state index in [4.69, 9.17) is 5.73 Å². The van der Waals surface area contributed by atoms with Crippen LogP contribution in [-0.4, -0.2) is 27.4 Å². The van der Waals surface area contributed by atoms with E-state index in [0.717, 1.165) is 62.2 Å². The van der Waals surface area contributed by atoms with E-state index < -0.39 is 11.6 Å². The first-order valence-corrected chi connectivity index (χ1v) is 16.3. The minimum atomic E-state index is -0.886. The summed E-state index contributed by atoms with van der Waals surface area (Å²) in [5.41, 5.74) is 10.6.